The minimum atomic E-state index is -1.06. The molecule has 2 unspecified atom stereocenters. The number of aromatic nitrogens is 2. The van der Waals surface area contributed by atoms with Crippen molar-refractivity contribution < 1.29 is 18.7 Å². The molecule has 3 rings (SSSR count). The Kier molecular flexibility index (Phi) is 4.08. The van der Waals surface area contributed by atoms with E-state index in [2.05, 4.69) is 10.2 Å². The van der Waals surface area contributed by atoms with Gasteiger partial charge in [0.05, 0.1) is 5.92 Å². The minimum absolute atomic E-state index is 0.122. The van der Waals surface area contributed by atoms with Crippen LogP contribution in [0.25, 0.3) is 0 Å². The van der Waals surface area contributed by atoms with Crippen LogP contribution in [0.1, 0.15) is 17.2 Å². The molecule has 0 saturated carbocycles. The monoisotopic (exact) mass is 330 g/mol. The first-order valence-corrected chi connectivity index (χ1v) is 7.16. The second-order valence-electron chi connectivity index (χ2n) is 5.51. The van der Waals surface area contributed by atoms with E-state index in [0.29, 0.717) is 5.82 Å². The first-order chi connectivity index (χ1) is 11.5. The number of anilines is 1. The molecule has 1 fully saturated rings. The highest BCUT2D eigenvalue weighted by molar-refractivity contribution is 5.73. The van der Waals surface area contributed by atoms with Crippen LogP contribution >= 0.6 is 0 Å². The van der Waals surface area contributed by atoms with Gasteiger partial charge in [-0.05, 0) is 23.8 Å². The van der Waals surface area contributed by atoms with Crippen LogP contribution in [-0.2, 0) is 4.79 Å². The van der Waals surface area contributed by atoms with Crippen LogP contribution in [0.2, 0.25) is 0 Å². The molecule has 1 saturated heterocycles. The Hall–Kier alpha value is -3.08. The number of halogens is 2. The van der Waals surface area contributed by atoms with Crippen molar-refractivity contribution in [2.24, 2.45) is 5.92 Å². The standard InChI is InChI=1S/C16H12F2N4O2/c17-9-1-3-11(14(18)5-9)12-7-22(8-13(12)16(23)24)15-4-2-10(6-19)20-21-15/h1-5,12-13H,7-8H2,(H,23,24). The van der Waals surface area contributed by atoms with Gasteiger partial charge < -0.3 is 10.0 Å². The summed E-state index contributed by atoms with van der Waals surface area (Å²) < 4.78 is 27.1. The molecule has 1 N–H and O–H groups in total. The summed E-state index contributed by atoms with van der Waals surface area (Å²) >= 11 is 0. The largest absolute Gasteiger partial charge is 0.481 e. The number of benzene rings is 1. The predicted molar refractivity (Wildman–Crippen MR) is 79.2 cm³/mol. The Balaban J connectivity index is 1.91. The smallest absolute Gasteiger partial charge is 0.308 e. The van der Waals surface area contributed by atoms with E-state index < -0.39 is 29.4 Å². The molecular formula is C16H12F2N4O2. The van der Waals surface area contributed by atoms with E-state index in [1.165, 1.54) is 12.1 Å². The molecule has 1 aromatic carbocycles. The summed E-state index contributed by atoms with van der Waals surface area (Å²) in [5.74, 6) is -3.63. The normalized spacial score (nSPS) is 20.0. The van der Waals surface area contributed by atoms with Gasteiger partial charge in [-0.2, -0.15) is 5.26 Å². The lowest BCUT2D eigenvalue weighted by Gasteiger charge is -2.17. The van der Waals surface area contributed by atoms with Gasteiger partial charge in [0, 0.05) is 25.1 Å². The summed E-state index contributed by atoms with van der Waals surface area (Å²) in [5, 5.41) is 25.8. The van der Waals surface area contributed by atoms with Crippen molar-refractivity contribution in [1.29, 1.82) is 5.26 Å². The van der Waals surface area contributed by atoms with E-state index in [1.54, 1.807) is 11.0 Å². The zero-order chi connectivity index (χ0) is 17.3. The molecule has 0 aliphatic carbocycles. The summed E-state index contributed by atoms with van der Waals surface area (Å²) in [7, 11) is 0. The highest BCUT2D eigenvalue weighted by atomic mass is 19.1. The van der Waals surface area contributed by atoms with Gasteiger partial charge in [0.25, 0.3) is 0 Å². The highest BCUT2D eigenvalue weighted by Gasteiger charge is 2.40. The average molecular weight is 330 g/mol. The van der Waals surface area contributed by atoms with Crippen LogP contribution in [0, 0.1) is 28.9 Å². The highest BCUT2D eigenvalue weighted by Crippen LogP contribution is 2.36. The lowest BCUT2D eigenvalue weighted by Crippen LogP contribution is -2.24. The number of hydrogen-bond donors (Lipinski definition) is 1. The molecule has 2 aromatic rings. The van der Waals surface area contributed by atoms with Gasteiger partial charge in [-0.15, -0.1) is 10.2 Å². The van der Waals surface area contributed by atoms with E-state index in [1.807, 2.05) is 6.07 Å². The molecule has 2 atom stereocenters. The topological polar surface area (TPSA) is 90.1 Å². The number of rotatable bonds is 3. The van der Waals surface area contributed by atoms with Crippen LogP contribution < -0.4 is 4.90 Å². The van der Waals surface area contributed by atoms with Crippen molar-refractivity contribution in [2.45, 2.75) is 5.92 Å². The molecule has 6 nitrogen and oxygen atoms in total. The summed E-state index contributed by atoms with van der Waals surface area (Å²) in [6, 6.07) is 8.03. The predicted octanol–water partition coefficient (Wildman–Crippen LogP) is 1.93. The molecule has 2 heterocycles. The van der Waals surface area contributed by atoms with Crippen LogP contribution in [-0.4, -0.2) is 34.4 Å². The van der Waals surface area contributed by atoms with Crippen molar-refractivity contribution in [2.75, 3.05) is 18.0 Å². The third-order valence-electron chi connectivity index (χ3n) is 4.09. The van der Waals surface area contributed by atoms with Crippen LogP contribution in [0.4, 0.5) is 14.6 Å². The molecular weight excluding hydrogens is 318 g/mol. The number of carbonyl (C=O) groups is 1. The molecule has 8 heteroatoms. The van der Waals surface area contributed by atoms with Crippen molar-refractivity contribution in [3.05, 3.63) is 53.2 Å². The number of carboxylic acid groups (broad SMARTS) is 1. The summed E-state index contributed by atoms with van der Waals surface area (Å²) in [6.45, 7) is 0.331. The fourth-order valence-electron chi connectivity index (χ4n) is 2.91. The first kappa shape index (κ1) is 15.8. The van der Waals surface area contributed by atoms with Gasteiger partial charge in [0.15, 0.2) is 11.5 Å². The van der Waals surface area contributed by atoms with Crippen molar-refractivity contribution in [3.63, 3.8) is 0 Å². The van der Waals surface area contributed by atoms with Gasteiger partial charge >= 0.3 is 5.97 Å². The van der Waals surface area contributed by atoms with Gasteiger partial charge in [0.1, 0.15) is 17.7 Å². The summed E-state index contributed by atoms with van der Waals surface area (Å²) in [6.07, 6.45) is 0. The maximum absolute atomic E-state index is 14.1. The molecule has 1 aliphatic rings. The molecule has 24 heavy (non-hydrogen) atoms. The van der Waals surface area contributed by atoms with Gasteiger partial charge in [-0.3, -0.25) is 4.79 Å². The van der Waals surface area contributed by atoms with Gasteiger partial charge in [-0.1, -0.05) is 6.07 Å². The Morgan fingerprint density at radius 3 is 2.62 bits per heavy atom. The second kappa shape index (κ2) is 6.20. The van der Waals surface area contributed by atoms with E-state index in [-0.39, 0.29) is 24.3 Å². The van der Waals surface area contributed by atoms with Crippen molar-refractivity contribution in [3.8, 4) is 6.07 Å². The third kappa shape index (κ3) is 2.88. The number of carboxylic acids is 1. The summed E-state index contributed by atoms with van der Waals surface area (Å²) in [5.41, 5.74) is 0.307. The molecule has 0 radical (unpaired) electrons. The molecule has 0 spiro atoms. The second-order valence-corrected chi connectivity index (χ2v) is 5.51. The van der Waals surface area contributed by atoms with Gasteiger partial charge in [0.2, 0.25) is 0 Å². The molecule has 0 amide bonds. The van der Waals surface area contributed by atoms with Crippen LogP contribution in [0.5, 0.6) is 0 Å². The quantitative estimate of drug-likeness (QED) is 0.925. The molecule has 1 aromatic heterocycles. The van der Waals surface area contributed by atoms with Gasteiger partial charge in [-0.25, -0.2) is 8.78 Å². The SMILES string of the molecule is N#Cc1ccc(N2CC(C(=O)O)C(c3ccc(F)cc3F)C2)nn1. The van der Waals surface area contributed by atoms with E-state index in [4.69, 9.17) is 5.26 Å². The lowest BCUT2D eigenvalue weighted by atomic mass is 9.88. The lowest BCUT2D eigenvalue weighted by molar-refractivity contribution is -0.141. The average Bonchev–Trinajstić information content (AvgIpc) is 3.00. The zero-order valence-corrected chi connectivity index (χ0v) is 12.4. The Labute approximate surface area is 136 Å². The van der Waals surface area contributed by atoms with E-state index >= 15 is 0 Å². The van der Waals surface area contributed by atoms with E-state index in [9.17, 15) is 18.7 Å². The van der Waals surface area contributed by atoms with Crippen LogP contribution in [0.3, 0.4) is 0 Å². The zero-order valence-electron chi connectivity index (χ0n) is 12.4. The number of hydrogen-bond acceptors (Lipinski definition) is 5. The van der Waals surface area contributed by atoms with Crippen molar-refractivity contribution in [1.82, 2.24) is 10.2 Å². The minimum Gasteiger partial charge on any atom is -0.481 e. The Bertz CT molecular complexity index is 820. The number of aliphatic carboxylic acids is 1. The molecule has 122 valence electrons. The maximum atomic E-state index is 14.1. The fraction of sp³-hybridized carbons (Fsp3) is 0.250. The first-order valence-electron chi connectivity index (χ1n) is 7.16. The maximum Gasteiger partial charge on any atom is 0.308 e. The Morgan fingerprint density at radius 2 is 2.04 bits per heavy atom. The summed E-state index contributed by atoms with van der Waals surface area (Å²) in [4.78, 5) is 13.2. The number of nitriles is 1. The molecule has 0 bridgehead atoms. The third-order valence-corrected chi connectivity index (χ3v) is 4.09. The number of nitrogens with zero attached hydrogens (tertiary/aromatic N) is 4. The fourth-order valence-corrected chi connectivity index (χ4v) is 2.91. The van der Waals surface area contributed by atoms with E-state index in [0.717, 1.165) is 12.1 Å². The Morgan fingerprint density at radius 1 is 1.25 bits per heavy atom. The molecule has 1 aliphatic heterocycles. The van der Waals surface area contributed by atoms with Crippen LogP contribution in [0.15, 0.2) is 30.3 Å². The van der Waals surface area contributed by atoms with Crippen molar-refractivity contribution >= 4 is 11.8 Å².